The van der Waals surface area contributed by atoms with Gasteiger partial charge in [0.05, 0.1) is 13.1 Å². The number of likely N-dealkylation sites (tertiary alicyclic amines) is 1. The number of nitrogens with zero attached hydrogens (tertiary/aromatic N) is 1. The number of hydrogen-bond acceptors (Lipinski definition) is 5. The van der Waals surface area contributed by atoms with Crippen molar-refractivity contribution < 1.29 is 29.3 Å². The number of amides is 2. The van der Waals surface area contributed by atoms with Crippen LogP contribution in [0.15, 0.2) is 60.2 Å². The fourth-order valence-corrected chi connectivity index (χ4v) is 4.14. The second-order valence-electron chi connectivity index (χ2n) is 8.09. The maximum absolute atomic E-state index is 12.3. The lowest BCUT2D eigenvalue weighted by Gasteiger charge is -2.43. The first-order valence-electron chi connectivity index (χ1n) is 10.3. The number of carbonyl (C=O) groups excluding carboxylic acids is 2. The van der Waals surface area contributed by atoms with Gasteiger partial charge in [0.25, 0.3) is 0 Å². The van der Waals surface area contributed by atoms with Crippen molar-refractivity contribution in [1.29, 1.82) is 0 Å². The fourth-order valence-electron chi connectivity index (χ4n) is 4.14. The Bertz CT molecular complexity index is 1060. The van der Waals surface area contributed by atoms with E-state index in [1.807, 2.05) is 36.4 Å². The maximum atomic E-state index is 12.3. The van der Waals surface area contributed by atoms with E-state index in [9.17, 15) is 19.5 Å². The number of β-amino-alcohol motifs (C(OH)–C–C–N with tert-alkyl or cyclic N) is 1. The average molecular weight is 436 g/mol. The smallest absolute Gasteiger partial charge is 0.407 e. The molecule has 0 saturated carbocycles. The Morgan fingerprint density at radius 3 is 2.22 bits per heavy atom. The van der Waals surface area contributed by atoms with E-state index in [2.05, 4.69) is 17.4 Å². The van der Waals surface area contributed by atoms with Crippen LogP contribution in [0.2, 0.25) is 0 Å². The highest BCUT2D eigenvalue weighted by Gasteiger charge is 2.50. The maximum Gasteiger partial charge on any atom is 0.407 e. The Balaban J connectivity index is 1.28. The molecule has 3 N–H and O–H groups in total. The van der Waals surface area contributed by atoms with Crippen molar-refractivity contribution in [3.63, 3.8) is 0 Å². The fraction of sp³-hybridized carbons (Fsp3) is 0.292. The SMILES string of the molecule is C/C(=C\CNC(=O)OCC1c2ccccc2-c2ccccc21)C(=O)N1CC(O)(C(=O)O)C1. The number of carboxylic acids is 1. The Morgan fingerprint density at radius 1 is 1.09 bits per heavy atom. The van der Waals surface area contributed by atoms with Crippen LogP contribution >= 0.6 is 0 Å². The summed E-state index contributed by atoms with van der Waals surface area (Å²) < 4.78 is 5.44. The van der Waals surface area contributed by atoms with E-state index >= 15 is 0 Å². The van der Waals surface area contributed by atoms with E-state index in [-0.39, 0.29) is 38.1 Å². The lowest BCUT2D eigenvalue weighted by molar-refractivity contribution is -0.180. The minimum Gasteiger partial charge on any atom is -0.479 e. The number of alkyl carbamates (subject to hydrolysis) is 1. The third-order valence-corrected chi connectivity index (χ3v) is 5.93. The second-order valence-corrected chi connectivity index (χ2v) is 8.09. The van der Waals surface area contributed by atoms with Crippen LogP contribution in [0, 0.1) is 0 Å². The van der Waals surface area contributed by atoms with E-state index in [0.717, 1.165) is 22.3 Å². The molecule has 166 valence electrons. The van der Waals surface area contributed by atoms with Crippen LogP contribution < -0.4 is 5.32 Å². The van der Waals surface area contributed by atoms with Crippen LogP contribution in [0.4, 0.5) is 4.79 Å². The zero-order valence-electron chi connectivity index (χ0n) is 17.6. The molecule has 2 amide bonds. The van der Waals surface area contributed by atoms with Gasteiger partial charge >= 0.3 is 12.1 Å². The molecule has 32 heavy (non-hydrogen) atoms. The molecule has 0 bridgehead atoms. The summed E-state index contributed by atoms with van der Waals surface area (Å²) in [5.74, 6) is -1.77. The largest absolute Gasteiger partial charge is 0.479 e. The van der Waals surface area contributed by atoms with Crippen molar-refractivity contribution in [2.24, 2.45) is 0 Å². The van der Waals surface area contributed by atoms with Gasteiger partial charge in [0.2, 0.25) is 5.91 Å². The van der Waals surface area contributed by atoms with E-state index in [0.29, 0.717) is 5.57 Å². The van der Waals surface area contributed by atoms with Crippen LogP contribution in [0.25, 0.3) is 11.1 Å². The summed E-state index contributed by atoms with van der Waals surface area (Å²) in [5, 5.41) is 21.2. The molecule has 2 aliphatic rings. The lowest BCUT2D eigenvalue weighted by atomic mass is 9.93. The third-order valence-electron chi connectivity index (χ3n) is 5.93. The van der Waals surface area contributed by atoms with E-state index in [1.54, 1.807) is 6.92 Å². The molecule has 1 aliphatic carbocycles. The number of fused-ring (bicyclic) bond motifs is 3. The monoisotopic (exact) mass is 436 g/mol. The molecule has 0 spiro atoms. The van der Waals surface area contributed by atoms with Crippen LogP contribution in [0.3, 0.4) is 0 Å². The van der Waals surface area contributed by atoms with Crippen LogP contribution in [-0.2, 0) is 14.3 Å². The van der Waals surface area contributed by atoms with Gasteiger partial charge in [-0.05, 0) is 29.2 Å². The Hall–Kier alpha value is -3.65. The number of benzene rings is 2. The molecule has 8 heteroatoms. The molecule has 0 atom stereocenters. The molecule has 8 nitrogen and oxygen atoms in total. The van der Waals surface area contributed by atoms with Crippen molar-refractivity contribution in [1.82, 2.24) is 10.2 Å². The van der Waals surface area contributed by atoms with E-state index < -0.39 is 17.7 Å². The second kappa shape index (κ2) is 8.47. The van der Waals surface area contributed by atoms with E-state index in [1.165, 1.54) is 11.0 Å². The minimum absolute atomic E-state index is 0.0357. The van der Waals surface area contributed by atoms with Gasteiger partial charge < -0.3 is 25.2 Å². The Morgan fingerprint density at radius 2 is 1.66 bits per heavy atom. The summed E-state index contributed by atoms with van der Waals surface area (Å²) in [6.45, 7) is 1.34. The first-order valence-corrected chi connectivity index (χ1v) is 10.3. The van der Waals surface area contributed by atoms with Gasteiger partial charge in [-0.1, -0.05) is 54.6 Å². The Labute approximate surface area is 185 Å². The highest BCUT2D eigenvalue weighted by Crippen LogP contribution is 2.44. The molecular weight excluding hydrogens is 412 g/mol. The normalized spacial score (nSPS) is 16.6. The van der Waals surface area contributed by atoms with Crippen molar-refractivity contribution in [3.05, 3.63) is 71.3 Å². The molecule has 0 unspecified atom stereocenters. The number of rotatable bonds is 6. The van der Waals surface area contributed by atoms with Gasteiger partial charge in [-0.3, -0.25) is 4.79 Å². The standard InChI is InChI=1S/C24H24N2O6/c1-15(21(27)26-13-24(31,14-26)22(28)29)10-11-25-23(30)32-12-20-18-8-4-2-6-16(18)17-7-3-5-9-19(17)20/h2-10,20,31H,11-14H2,1H3,(H,25,30)(H,28,29)/b15-10+. The number of aliphatic carboxylic acids is 1. The molecule has 4 rings (SSSR count). The van der Waals surface area contributed by atoms with Gasteiger partial charge in [-0.25, -0.2) is 9.59 Å². The summed E-state index contributed by atoms with van der Waals surface area (Å²) in [5.41, 5.74) is 3.01. The number of carboxylic acid groups (broad SMARTS) is 1. The van der Waals surface area contributed by atoms with Crippen molar-refractivity contribution in [2.45, 2.75) is 18.4 Å². The number of aliphatic hydroxyl groups is 1. The van der Waals surface area contributed by atoms with Crippen molar-refractivity contribution >= 4 is 18.0 Å². The Kier molecular flexibility index (Phi) is 5.71. The molecule has 1 saturated heterocycles. The van der Waals surface area contributed by atoms with Crippen LogP contribution in [0.5, 0.6) is 0 Å². The summed E-state index contributed by atoms with van der Waals surface area (Å²) in [4.78, 5) is 36.6. The topological polar surface area (TPSA) is 116 Å². The average Bonchev–Trinajstić information content (AvgIpc) is 3.08. The first-order chi connectivity index (χ1) is 15.3. The zero-order valence-corrected chi connectivity index (χ0v) is 17.6. The molecule has 2 aromatic carbocycles. The van der Waals surface area contributed by atoms with Gasteiger partial charge in [-0.15, -0.1) is 0 Å². The molecule has 1 aliphatic heterocycles. The van der Waals surface area contributed by atoms with Gasteiger partial charge in [0.15, 0.2) is 5.60 Å². The molecular formula is C24H24N2O6. The molecule has 0 radical (unpaired) electrons. The first kappa shape index (κ1) is 21.6. The van der Waals surface area contributed by atoms with Crippen molar-refractivity contribution in [3.8, 4) is 11.1 Å². The zero-order chi connectivity index (χ0) is 22.9. The quantitative estimate of drug-likeness (QED) is 0.598. The van der Waals surface area contributed by atoms with Crippen molar-refractivity contribution in [2.75, 3.05) is 26.2 Å². The lowest BCUT2D eigenvalue weighted by Crippen LogP contribution is -2.67. The number of nitrogens with one attached hydrogen (secondary N) is 1. The predicted octanol–water partition coefficient (Wildman–Crippen LogP) is 2.13. The molecule has 1 fully saturated rings. The summed E-state index contributed by atoms with van der Waals surface area (Å²) in [6, 6.07) is 16.1. The molecule has 1 heterocycles. The van der Waals surface area contributed by atoms with Gasteiger partial charge in [-0.2, -0.15) is 0 Å². The predicted molar refractivity (Wildman–Crippen MR) is 116 cm³/mol. The van der Waals surface area contributed by atoms with Gasteiger partial charge in [0.1, 0.15) is 6.61 Å². The number of hydrogen-bond donors (Lipinski definition) is 3. The highest BCUT2D eigenvalue weighted by molar-refractivity contribution is 5.95. The third kappa shape index (κ3) is 3.97. The highest BCUT2D eigenvalue weighted by atomic mass is 16.5. The molecule has 0 aromatic heterocycles. The van der Waals surface area contributed by atoms with Crippen LogP contribution in [-0.4, -0.2) is 64.9 Å². The van der Waals surface area contributed by atoms with E-state index in [4.69, 9.17) is 9.84 Å². The summed E-state index contributed by atoms with van der Waals surface area (Å²) in [7, 11) is 0. The summed E-state index contributed by atoms with van der Waals surface area (Å²) >= 11 is 0. The molecule has 2 aromatic rings. The summed E-state index contributed by atoms with van der Waals surface area (Å²) in [6.07, 6.45) is 0.939. The van der Waals surface area contributed by atoms with Crippen LogP contribution in [0.1, 0.15) is 24.0 Å². The minimum atomic E-state index is -1.88. The number of ether oxygens (including phenoxy) is 1. The van der Waals surface area contributed by atoms with Gasteiger partial charge in [0, 0.05) is 18.0 Å². The number of carbonyl (C=O) groups is 3.